The highest BCUT2D eigenvalue weighted by Crippen LogP contribution is 2.27. The molecule has 0 amide bonds. The molecule has 2 nitrogen and oxygen atoms in total. The number of halogens is 1. The number of piperidine rings is 1. The van der Waals surface area contributed by atoms with Gasteiger partial charge in [0.15, 0.2) is 0 Å². The number of benzene rings is 1. The second-order valence-corrected chi connectivity index (χ2v) is 7.38. The van der Waals surface area contributed by atoms with Crippen LogP contribution in [-0.2, 0) is 6.54 Å². The summed E-state index contributed by atoms with van der Waals surface area (Å²) in [5.74, 6) is 0.730. The van der Waals surface area contributed by atoms with E-state index in [2.05, 4.69) is 52.0 Å². The maximum absolute atomic E-state index is 4.72. The van der Waals surface area contributed by atoms with Crippen LogP contribution in [0.1, 0.15) is 18.4 Å². The van der Waals surface area contributed by atoms with Gasteiger partial charge in [0.2, 0.25) is 0 Å². The fraction of sp³-hybridized carbons (Fsp3) is 0.500. The molecule has 1 aliphatic rings. The summed E-state index contributed by atoms with van der Waals surface area (Å²) in [5.41, 5.74) is 1.14. The zero-order chi connectivity index (χ0) is 12.5. The fourth-order valence-electron chi connectivity index (χ4n) is 2.53. The molecule has 2 atom stereocenters. The number of hydrogen-bond donors (Lipinski definition) is 0. The first-order valence-electron chi connectivity index (χ1n) is 6.43. The van der Waals surface area contributed by atoms with Gasteiger partial charge in [-0.2, -0.15) is 0 Å². The van der Waals surface area contributed by atoms with Gasteiger partial charge >= 0.3 is 0 Å². The Hall–Kier alpha value is -0.450. The first kappa shape index (κ1) is 12.6. The van der Waals surface area contributed by atoms with Crippen LogP contribution in [0.5, 0.6) is 0 Å². The van der Waals surface area contributed by atoms with Gasteiger partial charge < -0.3 is 0 Å². The van der Waals surface area contributed by atoms with Crippen molar-refractivity contribution < 1.29 is 0 Å². The van der Waals surface area contributed by atoms with E-state index >= 15 is 0 Å². The Balaban J connectivity index is 1.72. The smallest absolute Gasteiger partial charge is 0.108 e. The monoisotopic (exact) mass is 324 g/mol. The van der Waals surface area contributed by atoms with Crippen LogP contribution >= 0.6 is 27.3 Å². The minimum Gasteiger partial charge on any atom is -0.296 e. The SMILES string of the molecule is CC1CN(Cc2nc3ccccc3s2)CCC1Br. The molecule has 4 heteroatoms. The van der Waals surface area contributed by atoms with Crippen LogP contribution in [-0.4, -0.2) is 27.8 Å². The van der Waals surface area contributed by atoms with Crippen LogP contribution in [0.4, 0.5) is 0 Å². The molecule has 1 aliphatic heterocycles. The topological polar surface area (TPSA) is 16.1 Å². The summed E-state index contributed by atoms with van der Waals surface area (Å²) in [4.78, 5) is 7.93. The molecule has 96 valence electrons. The molecule has 2 heterocycles. The van der Waals surface area contributed by atoms with Crippen molar-refractivity contribution >= 4 is 37.5 Å². The highest BCUT2D eigenvalue weighted by molar-refractivity contribution is 9.09. The molecule has 0 N–H and O–H groups in total. The summed E-state index contributed by atoms with van der Waals surface area (Å²) < 4.78 is 1.30. The van der Waals surface area contributed by atoms with Gasteiger partial charge in [0, 0.05) is 11.4 Å². The summed E-state index contributed by atoms with van der Waals surface area (Å²) in [6.07, 6.45) is 1.24. The van der Waals surface area contributed by atoms with Gasteiger partial charge in [0.1, 0.15) is 5.01 Å². The van der Waals surface area contributed by atoms with E-state index in [4.69, 9.17) is 4.98 Å². The van der Waals surface area contributed by atoms with E-state index in [0.717, 1.165) is 18.0 Å². The van der Waals surface area contributed by atoms with Crippen molar-refractivity contribution in [2.75, 3.05) is 13.1 Å². The van der Waals surface area contributed by atoms with Crippen molar-refractivity contribution in [1.29, 1.82) is 0 Å². The van der Waals surface area contributed by atoms with Gasteiger partial charge in [-0.1, -0.05) is 35.0 Å². The van der Waals surface area contributed by atoms with Crippen molar-refractivity contribution in [2.45, 2.75) is 24.7 Å². The van der Waals surface area contributed by atoms with Crippen molar-refractivity contribution in [3.05, 3.63) is 29.3 Å². The van der Waals surface area contributed by atoms with E-state index in [-0.39, 0.29) is 0 Å². The summed E-state index contributed by atoms with van der Waals surface area (Å²) in [6, 6.07) is 8.40. The van der Waals surface area contributed by atoms with E-state index in [0.29, 0.717) is 4.83 Å². The molecule has 0 saturated carbocycles. The molecule has 1 aromatic heterocycles. The molecule has 1 saturated heterocycles. The van der Waals surface area contributed by atoms with E-state index in [1.54, 1.807) is 0 Å². The number of likely N-dealkylation sites (tertiary alicyclic amines) is 1. The van der Waals surface area contributed by atoms with Crippen LogP contribution in [0.3, 0.4) is 0 Å². The number of para-hydroxylation sites is 1. The van der Waals surface area contributed by atoms with Gasteiger partial charge in [0.25, 0.3) is 0 Å². The Labute approximate surface area is 120 Å². The Bertz CT molecular complexity index is 506. The number of nitrogens with zero attached hydrogens (tertiary/aromatic N) is 2. The summed E-state index contributed by atoms with van der Waals surface area (Å²) in [5, 5.41) is 1.25. The van der Waals surface area contributed by atoms with E-state index < -0.39 is 0 Å². The van der Waals surface area contributed by atoms with Crippen molar-refractivity contribution in [2.24, 2.45) is 5.92 Å². The van der Waals surface area contributed by atoms with Gasteiger partial charge in [-0.25, -0.2) is 4.98 Å². The zero-order valence-electron chi connectivity index (χ0n) is 10.5. The molecule has 0 spiro atoms. The number of aromatic nitrogens is 1. The third kappa shape index (κ3) is 2.60. The van der Waals surface area contributed by atoms with E-state index in [9.17, 15) is 0 Å². The molecular formula is C14H17BrN2S. The fourth-order valence-corrected chi connectivity index (χ4v) is 3.91. The molecule has 1 fully saturated rings. The normalized spacial score (nSPS) is 25.7. The third-order valence-electron chi connectivity index (χ3n) is 3.58. The van der Waals surface area contributed by atoms with Gasteiger partial charge in [-0.15, -0.1) is 11.3 Å². The van der Waals surface area contributed by atoms with Gasteiger partial charge in [-0.05, 0) is 31.0 Å². The first-order valence-corrected chi connectivity index (χ1v) is 8.16. The quantitative estimate of drug-likeness (QED) is 0.779. The molecule has 2 aromatic rings. The highest BCUT2D eigenvalue weighted by atomic mass is 79.9. The molecule has 3 rings (SSSR count). The first-order chi connectivity index (χ1) is 8.72. The lowest BCUT2D eigenvalue weighted by molar-refractivity contribution is 0.183. The molecule has 1 aromatic carbocycles. The van der Waals surface area contributed by atoms with Crippen molar-refractivity contribution in [3.8, 4) is 0 Å². The lowest BCUT2D eigenvalue weighted by Crippen LogP contribution is -2.39. The van der Waals surface area contributed by atoms with Crippen LogP contribution in [0.15, 0.2) is 24.3 Å². The molecule has 2 unspecified atom stereocenters. The Morgan fingerprint density at radius 3 is 3.06 bits per heavy atom. The molecule has 18 heavy (non-hydrogen) atoms. The minimum absolute atomic E-state index is 0.684. The Kier molecular flexibility index (Phi) is 3.68. The van der Waals surface area contributed by atoms with E-state index in [1.165, 1.54) is 29.2 Å². The third-order valence-corrected chi connectivity index (χ3v) is 5.96. The number of thiazole rings is 1. The van der Waals surface area contributed by atoms with Crippen LogP contribution in [0.25, 0.3) is 10.2 Å². The predicted octanol–water partition coefficient (Wildman–Crippen LogP) is 3.90. The Morgan fingerprint density at radius 1 is 1.44 bits per heavy atom. The molecule has 0 aliphatic carbocycles. The standard InChI is InChI=1S/C14H17BrN2S/c1-10-8-17(7-6-11(10)15)9-14-16-12-4-2-3-5-13(12)18-14/h2-5,10-11H,6-9H2,1H3. The zero-order valence-corrected chi connectivity index (χ0v) is 12.9. The molecule has 0 bridgehead atoms. The number of fused-ring (bicyclic) bond motifs is 1. The van der Waals surface area contributed by atoms with Crippen LogP contribution < -0.4 is 0 Å². The van der Waals surface area contributed by atoms with E-state index in [1.807, 2.05) is 11.3 Å². The highest BCUT2D eigenvalue weighted by Gasteiger charge is 2.24. The lowest BCUT2D eigenvalue weighted by Gasteiger charge is -2.33. The maximum Gasteiger partial charge on any atom is 0.108 e. The van der Waals surface area contributed by atoms with Crippen LogP contribution in [0, 0.1) is 5.92 Å². The summed E-state index contributed by atoms with van der Waals surface area (Å²) in [6.45, 7) is 5.68. The predicted molar refractivity (Wildman–Crippen MR) is 81.4 cm³/mol. The maximum atomic E-state index is 4.72. The Morgan fingerprint density at radius 2 is 2.28 bits per heavy atom. The summed E-state index contributed by atoms with van der Waals surface area (Å²) >= 11 is 5.58. The molecule has 0 radical (unpaired) electrons. The largest absolute Gasteiger partial charge is 0.296 e. The second-order valence-electron chi connectivity index (χ2n) is 5.09. The number of hydrogen-bond acceptors (Lipinski definition) is 3. The minimum atomic E-state index is 0.684. The number of alkyl halides is 1. The van der Waals surface area contributed by atoms with Gasteiger partial charge in [0.05, 0.1) is 16.8 Å². The van der Waals surface area contributed by atoms with Gasteiger partial charge in [-0.3, -0.25) is 4.90 Å². The molecular weight excluding hydrogens is 308 g/mol. The van der Waals surface area contributed by atoms with Crippen LogP contribution in [0.2, 0.25) is 0 Å². The van der Waals surface area contributed by atoms with Crippen molar-refractivity contribution in [3.63, 3.8) is 0 Å². The lowest BCUT2D eigenvalue weighted by atomic mass is 10.0. The number of rotatable bonds is 2. The average molecular weight is 325 g/mol. The summed E-state index contributed by atoms with van der Waals surface area (Å²) in [7, 11) is 0. The van der Waals surface area contributed by atoms with Crippen molar-refractivity contribution in [1.82, 2.24) is 9.88 Å². The second kappa shape index (κ2) is 5.27. The average Bonchev–Trinajstić information content (AvgIpc) is 2.76.